The molecule has 4 nitrogen and oxygen atoms in total. The molecular weight excluding hydrogens is 345 g/mol. The van der Waals surface area contributed by atoms with Gasteiger partial charge < -0.3 is 9.67 Å². The molecule has 2 aromatic carbocycles. The van der Waals surface area contributed by atoms with Crippen molar-refractivity contribution >= 4 is 29.4 Å². The molecule has 5 heteroatoms. The Morgan fingerprint density at radius 1 is 1.04 bits per heavy atom. The van der Waals surface area contributed by atoms with Crippen LogP contribution in [-0.4, -0.2) is 28.0 Å². The first-order chi connectivity index (χ1) is 12.2. The first-order valence-corrected chi connectivity index (χ1v) is 10.4. The summed E-state index contributed by atoms with van der Waals surface area (Å²) in [5.41, 5.74) is 0.692. The average molecular weight is 371 g/mol. The quantitative estimate of drug-likeness (QED) is 0.588. The number of hydrogen-bond acceptors (Lipinski definition) is 3. The smallest absolute Gasteiger partial charge is 0.328 e. The Hall–Kier alpha value is -2.19. The second-order valence-electron chi connectivity index (χ2n) is 7.15. The second-order valence-corrected chi connectivity index (χ2v) is 10.6. The van der Waals surface area contributed by atoms with E-state index in [9.17, 15) is 9.36 Å². The minimum absolute atomic E-state index is 0.450. The van der Waals surface area contributed by atoms with Crippen molar-refractivity contribution in [3.63, 3.8) is 0 Å². The van der Waals surface area contributed by atoms with E-state index < -0.39 is 24.3 Å². The number of aliphatic imine (C=N–C) groups is 1. The summed E-state index contributed by atoms with van der Waals surface area (Å²) in [6.45, 7) is 7.30. The number of aliphatic carboxylic acids is 1. The number of hydrogen-bond donors (Lipinski definition) is 1. The highest BCUT2D eigenvalue weighted by molar-refractivity contribution is 7.80. The van der Waals surface area contributed by atoms with Crippen LogP contribution in [0.3, 0.4) is 0 Å². The molecule has 0 aliphatic heterocycles. The van der Waals surface area contributed by atoms with Gasteiger partial charge in [-0.2, -0.15) is 0 Å². The van der Waals surface area contributed by atoms with Crippen molar-refractivity contribution in [3.05, 3.63) is 60.7 Å². The van der Waals surface area contributed by atoms with Gasteiger partial charge in [0.05, 0.1) is 0 Å². The van der Waals surface area contributed by atoms with Gasteiger partial charge in [0.2, 0.25) is 0 Å². The van der Waals surface area contributed by atoms with E-state index in [1.54, 1.807) is 6.92 Å². The molecule has 0 saturated heterocycles. The Labute approximate surface area is 155 Å². The van der Waals surface area contributed by atoms with Crippen LogP contribution in [0, 0.1) is 0 Å². The lowest BCUT2D eigenvalue weighted by atomic mass is 10.1. The Bertz CT molecular complexity index is 785. The fourth-order valence-electron chi connectivity index (χ4n) is 3.29. The Kier molecular flexibility index (Phi) is 6.20. The predicted octanol–water partition coefficient (Wildman–Crippen LogP) is 4.10. The van der Waals surface area contributed by atoms with Crippen LogP contribution in [0.1, 0.15) is 34.1 Å². The summed E-state index contributed by atoms with van der Waals surface area (Å²) < 4.78 is 14.4. The van der Waals surface area contributed by atoms with E-state index in [0.29, 0.717) is 12.1 Å². The van der Waals surface area contributed by atoms with Gasteiger partial charge in [0, 0.05) is 21.5 Å². The fourth-order valence-corrected chi connectivity index (χ4v) is 6.62. The highest BCUT2D eigenvalue weighted by atomic mass is 31.2. The van der Waals surface area contributed by atoms with Gasteiger partial charge in [-0.3, -0.25) is 4.99 Å². The van der Waals surface area contributed by atoms with Crippen molar-refractivity contribution in [1.82, 2.24) is 0 Å². The molecule has 0 saturated carbocycles. The van der Waals surface area contributed by atoms with Gasteiger partial charge in [-0.25, -0.2) is 4.79 Å². The summed E-state index contributed by atoms with van der Waals surface area (Å²) in [5.74, 6) is -0.962. The van der Waals surface area contributed by atoms with Gasteiger partial charge in [0.25, 0.3) is 0 Å². The SMILES string of the molecule is CC(CC(C)(C)P(=O)(c1ccccc1)c1ccccc1)=NC(C)C(=O)O. The van der Waals surface area contributed by atoms with Crippen LogP contribution in [-0.2, 0) is 9.36 Å². The average Bonchev–Trinajstić information content (AvgIpc) is 2.61. The maximum Gasteiger partial charge on any atom is 0.328 e. The summed E-state index contributed by atoms with van der Waals surface area (Å²) in [4.78, 5) is 15.3. The van der Waals surface area contributed by atoms with Crippen LogP contribution < -0.4 is 10.6 Å². The van der Waals surface area contributed by atoms with Crippen LogP contribution >= 0.6 is 7.14 Å². The first-order valence-electron chi connectivity index (χ1n) is 8.66. The third-order valence-corrected chi connectivity index (χ3v) is 8.47. The predicted molar refractivity (Wildman–Crippen MR) is 109 cm³/mol. The topological polar surface area (TPSA) is 66.7 Å². The molecule has 1 unspecified atom stereocenters. The normalized spacial score (nSPS) is 14.1. The van der Waals surface area contributed by atoms with Gasteiger partial charge in [0.15, 0.2) is 0 Å². The molecule has 1 N–H and O–H groups in total. The number of nitrogens with zero attached hydrogens (tertiary/aromatic N) is 1. The molecular formula is C21H26NO3P. The van der Waals surface area contributed by atoms with Gasteiger partial charge in [-0.1, -0.05) is 74.5 Å². The van der Waals surface area contributed by atoms with E-state index in [-0.39, 0.29) is 0 Å². The Morgan fingerprint density at radius 3 is 1.85 bits per heavy atom. The van der Waals surface area contributed by atoms with E-state index in [4.69, 9.17) is 5.11 Å². The molecule has 0 fully saturated rings. The molecule has 1 atom stereocenters. The maximum absolute atomic E-state index is 14.4. The van der Waals surface area contributed by atoms with Crippen molar-refractivity contribution in [2.45, 2.75) is 45.3 Å². The minimum atomic E-state index is -2.98. The lowest BCUT2D eigenvalue weighted by Crippen LogP contribution is -2.35. The zero-order valence-corrected chi connectivity index (χ0v) is 16.6. The van der Waals surface area contributed by atoms with E-state index >= 15 is 0 Å². The van der Waals surface area contributed by atoms with Crippen LogP contribution in [0.5, 0.6) is 0 Å². The van der Waals surface area contributed by atoms with E-state index in [0.717, 1.165) is 10.6 Å². The van der Waals surface area contributed by atoms with E-state index in [2.05, 4.69) is 4.99 Å². The molecule has 26 heavy (non-hydrogen) atoms. The molecule has 0 aromatic heterocycles. The number of carbonyl (C=O) groups is 1. The van der Waals surface area contributed by atoms with Crippen LogP contribution in [0.15, 0.2) is 65.7 Å². The molecule has 0 aliphatic carbocycles. The molecule has 0 amide bonds. The fraction of sp³-hybridized carbons (Fsp3) is 0.333. The summed E-state index contributed by atoms with van der Waals surface area (Å²) in [5, 5.41) is 10.1. The highest BCUT2D eigenvalue weighted by Gasteiger charge is 2.43. The van der Waals surface area contributed by atoms with Crippen LogP contribution in [0.2, 0.25) is 0 Å². The number of benzene rings is 2. The zero-order chi connectivity index (χ0) is 19.4. The van der Waals surface area contributed by atoms with Crippen molar-refractivity contribution in [1.29, 1.82) is 0 Å². The lowest BCUT2D eigenvalue weighted by molar-refractivity contribution is -0.137. The number of carboxylic acid groups (broad SMARTS) is 1. The zero-order valence-electron chi connectivity index (χ0n) is 15.7. The molecule has 2 aromatic rings. The molecule has 0 heterocycles. The van der Waals surface area contributed by atoms with Crippen molar-refractivity contribution in [2.24, 2.45) is 4.99 Å². The van der Waals surface area contributed by atoms with Gasteiger partial charge >= 0.3 is 5.97 Å². The van der Waals surface area contributed by atoms with Crippen LogP contribution in [0.25, 0.3) is 0 Å². The first kappa shape index (κ1) is 20.1. The van der Waals surface area contributed by atoms with Crippen LogP contribution in [0.4, 0.5) is 0 Å². The Morgan fingerprint density at radius 2 is 1.46 bits per heavy atom. The summed E-state index contributed by atoms with van der Waals surface area (Å²) >= 11 is 0. The number of rotatable bonds is 7. The van der Waals surface area contributed by atoms with Crippen molar-refractivity contribution in [3.8, 4) is 0 Å². The molecule has 138 valence electrons. The third kappa shape index (κ3) is 4.13. The maximum atomic E-state index is 14.4. The van der Waals surface area contributed by atoms with Gasteiger partial charge in [-0.15, -0.1) is 0 Å². The second kappa shape index (κ2) is 8.01. The van der Waals surface area contributed by atoms with Crippen molar-refractivity contribution < 1.29 is 14.5 Å². The summed E-state index contributed by atoms with van der Waals surface area (Å²) in [6.07, 6.45) is 0.450. The van der Waals surface area contributed by atoms with E-state index in [1.165, 1.54) is 0 Å². The standard InChI is InChI=1S/C21H26NO3P/c1-16(22-17(2)20(23)24)15-21(3,4)26(25,18-11-7-5-8-12-18)19-13-9-6-10-14-19/h5-14,17H,15H2,1-4H3,(H,23,24). The minimum Gasteiger partial charge on any atom is -0.480 e. The lowest BCUT2D eigenvalue weighted by Gasteiger charge is -2.35. The van der Waals surface area contributed by atoms with E-state index in [1.807, 2.05) is 81.4 Å². The summed E-state index contributed by atoms with van der Waals surface area (Å²) in [7, 11) is -2.98. The summed E-state index contributed by atoms with van der Waals surface area (Å²) in [6, 6.07) is 18.2. The van der Waals surface area contributed by atoms with Gasteiger partial charge in [0.1, 0.15) is 13.2 Å². The number of carboxylic acids is 1. The van der Waals surface area contributed by atoms with Gasteiger partial charge in [-0.05, 0) is 20.3 Å². The third-order valence-electron chi connectivity index (χ3n) is 4.55. The molecule has 2 rings (SSSR count). The monoisotopic (exact) mass is 371 g/mol. The molecule has 0 bridgehead atoms. The molecule has 0 aliphatic rings. The largest absolute Gasteiger partial charge is 0.480 e. The molecule has 0 radical (unpaired) electrons. The highest BCUT2D eigenvalue weighted by Crippen LogP contribution is 2.57. The molecule has 0 spiro atoms. The Balaban J connectivity index is 2.52. The van der Waals surface area contributed by atoms with Crippen molar-refractivity contribution in [2.75, 3.05) is 0 Å².